The van der Waals surface area contributed by atoms with Gasteiger partial charge in [0.25, 0.3) is 0 Å². The molecule has 0 saturated carbocycles. The lowest BCUT2D eigenvalue weighted by molar-refractivity contribution is -0.121. The monoisotopic (exact) mass is 276 g/mol. The molecule has 0 aliphatic carbocycles. The number of hydrogen-bond donors (Lipinski definition) is 1. The largest absolute Gasteiger partial charge is 0.350 e. The van der Waals surface area contributed by atoms with E-state index < -0.39 is 0 Å². The molecule has 1 aromatic heterocycles. The zero-order valence-electron chi connectivity index (χ0n) is 12.5. The van der Waals surface area contributed by atoms with E-state index in [0.29, 0.717) is 13.0 Å². The van der Waals surface area contributed by atoms with E-state index in [0.717, 1.165) is 43.3 Å². The lowest BCUT2D eigenvalue weighted by atomic mass is 10.2. The van der Waals surface area contributed by atoms with Gasteiger partial charge in [0, 0.05) is 25.2 Å². The fourth-order valence-corrected chi connectivity index (χ4v) is 2.38. The quantitative estimate of drug-likeness (QED) is 0.865. The SMILES string of the molecule is CCCCC(=O)NCc1cc(C)nc(N2CCCC2)n1. The number of carbonyl (C=O) groups is 1. The highest BCUT2D eigenvalue weighted by Gasteiger charge is 2.16. The van der Waals surface area contributed by atoms with E-state index in [1.807, 2.05) is 13.0 Å². The minimum absolute atomic E-state index is 0.103. The third kappa shape index (κ3) is 4.18. The highest BCUT2D eigenvalue weighted by Crippen LogP contribution is 2.16. The third-order valence-corrected chi connectivity index (χ3v) is 3.51. The van der Waals surface area contributed by atoms with Crippen molar-refractivity contribution in [1.29, 1.82) is 0 Å². The maximum absolute atomic E-state index is 11.6. The maximum atomic E-state index is 11.6. The van der Waals surface area contributed by atoms with Gasteiger partial charge in [-0.2, -0.15) is 0 Å². The molecule has 0 bridgehead atoms. The van der Waals surface area contributed by atoms with Crippen LogP contribution in [0.5, 0.6) is 0 Å². The summed E-state index contributed by atoms with van der Waals surface area (Å²) in [5.74, 6) is 0.908. The van der Waals surface area contributed by atoms with Crippen molar-refractivity contribution in [1.82, 2.24) is 15.3 Å². The van der Waals surface area contributed by atoms with Crippen molar-refractivity contribution >= 4 is 11.9 Å². The summed E-state index contributed by atoms with van der Waals surface area (Å²) < 4.78 is 0. The average molecular weight is 276 g/mol. The molecule has 1 aliphatic rings. The first-order chi connectivity index (χ1) is 9.69. The summed E-state index contributed by atoms with van der Waals surface area (Å²) in [6.45, 7) is 6.62. The molecule has 2 heterocycles. The smallest absolute Gasteiger partial charge is 0.225 e. The van der Waals surface area contributed by atoms with Crippen molar-refractivity contribution in [2.45, 2.75) is 52.5 Å². The van der Waals surface area contributed by atoms with Crippen LogP contribution in [-0.4, -0.2) is 29.0 Å². The molecule has 1 saturated heterocycles. The third-order valence-electron chi connectivity index (χ3n) is 3.51. The van der Waals surface area contributed by atoms with Crippen LogP contribution in [0.2, 0.25) is 0 Å². The maximum Gasteiger partial charge on any atom is 0.225 e. The summed E-state index contributed by atoms with van der Waals surface area (Å²) in [4.78, 5) is 22.9. The van der Waals surface area contributed by atoms with Crippen molar-refractivity contribution in [3.05, 3.63) is 17.5 Å². The first kappa shape index (κ1) is 14.8. The second kappa shape index (κ2) is 7.22. The van der Waals surface area contributed by atoms with Crippen molar-refractivity contribution < 1.29 is 4.79 Å². The summed E-state index contributed by atoms with van der Waals surface area (Å²) in [5.41, 5.74) is 1.85. The van der Waals surface area contributed by atoms with Crippen LogP contribution in [0.15, 0.2) is 6.07 Å². The molecule has 0 atom stereocenters. The molecule has 20 heavy (non-hydrogen) atoms. The molecule has 2 rings (SSSR count). The second-order valence-corrected chi connectivity index (χ2v) is 5.38. The van der Waals surface area contributed by atoms with E-state index in [4.69, 9.17) is 0 Å². The van der Waals surface area contributed by atoms with Crippen LogP contribution in [0.25, 0.3) is 0 Å². The highest BCUT2D eigenvalue weighted by molar-refractivity contribution is 5.75. The second-order valence-electron chi connectivity index (χ2n) is 5.38. The van der Waals surface area contributed by atoms with Gasteiger partial charge < -0.3 is 10.2 Å². The minimum Gasteiger partial charge on any atom is -0.350 e. The topological polar surface area (TPSA) is 58.1 Å². The number of anilines is 1. The van der Waals surface area contributed by atoms with Gasteiger partial charge in [0.05, 0.1) is 12.2 Å². The van der Waals surface area contributed by atoms with Crippen LogP contribution >= 0.6 is 0 Å². The van der Waals surface area contributed by atoms with Crippen LogP contribution in [0, 0.1) is 6.92 Å². The van der Waals surface area contributed by atoms with Gasteiger partial charge >= 0.3 is 0 Å². The predicted molar refractivity (Wildman–Crippen MR) is 79.6 cm³/mol. The van der Waals surface area contributed by atoms with Gasteiger partial charge in [-0.05, 0) is 32.3 Å². The van der Waals surface area contributed by atoms with Gasteiger partial charge in [-0.3, -0.25) is 4.79 Å². The average Bonchev–Trinajstić information content (AvgIpc) is 2.96. The van der Waals surface area contributed by atoms with Crippen molar-refractivity contribution in [3.63, 3.8) is 0 Å². The first-order valence-electron chi connectivity index (χ1n) is 7.55. The Labute approximate surface area is 120 Å². The number of nitrogens with zero attached hydrogens (tertiary/aromatic N) is 3. The van der Waals surface area contributed by atoms with Crippen LogP contribution in [0.3, 0.4) is 0 Å². The zero-order chi connectivity index (χ0) is 14.4. The molecule has 0 spiro atoms. The number of unbranched alkanes of at least 4 members (excludes halogenated alkanes) is 1. The lowest BCUT2D eigenvalue weighted by Gasteiger charge is -2.16. The summed E-state index contributed by atoms with van der Waals surface area (Å²) in [5, 5.41) is 2.93. The molecule has 1 amide bonds. The Hall–Kier alpha value is -1.65. The molecule has 1 aromatic rings. The summed E-state index contributed by atoms with van der Waals surface area (Å²) in [6, 6.07) is 1.94. The number of aryl methyl sites for hydroxylation is 1. The number of nitrogens with one attached hydrogen (secondary N) is 1. The fourth-order valence-electron chi connectivity index (χ4n) is 2.38. The van der Waals surface area contributed by atoms with Crippen LogP contribution in [-0.2, 0) is 11.3 Å². The summed E-state index contributed by atoms with van der Waals surface area (Å²) in [6.07, 6.45) is 4.99. The van der Waals surface area contributed by atoms with E-state index in [9.17, 15) is 4.79 Å². The van der Waals surface area contributed by atoms with Crippen molar-refractivity contribution in [3.8, 4) is 0 Å². The van der Waals surface area contributed by atoms with Gasteiger partial charge in [0.1, 0.15) is 0 Å². The van der Waals surface area contributed by atoms with Gasteiger partial charge in [-0.15, -0.1) is 0 Å². The molecule has 0 unspecified atom stereocenters. The van der Waals surface area contributed by atoms with Crippen molar-refractivity contribution in [2.24, 2.45) is 0 Å². The predicted octanol–water partition coefficient (Wildman–Crippen LogP) is 2.19. The van der Waals surface area contributed by atoms with Gasteiger partial charge in [-0.25, -0.2) is 9.97 Å². The molecular weight excluding hydrogens is 252 g/mol. The van der Waals surface area contributed by atoms with Gasteiger partial charge in [0.2, 0.25) is 11.9 Å². The van der Waals surface area contributed by atoms with Crippen LogP contribution in [0.4, 0.5) is 5.95 Å². The Kier molecular flexibility index (Phi) is 5.32. The van der Waals surface area contributed by atoms with Crippen LogP contribution in [0.1, 0.15) is 50.4 Å². The molecule has 110 valence electrons. The molecule has 1 fully saturated rings. The van der Waals surface area contributed by atoms with Gasteiger partial charge in [-0.1, -0.05) is 13.3 Å². The Balaban J connectivity index is 1.95. The van der Waals surface area contributed by atoms with E-state index >= 15 is 0 Å². The molecule has 5 nitrogen and oxygen atoms in total. The zero-order valence-corrected chi connectivity index (χ0v) is 12.5. The number of amides is 1. The number of hydrogen-bond acceptors (Lipinski definition) is 4. The Morgan fingerprint density at radius 3 is 2.80 bits per heavy atom. The fraction of sp³-hybridized carbons (Fsp3) is 0.667. The first-order valence-corrected chi connectivity index (χ1v) is 7.55. The summed E-state index contributed by atoms with van der Waals surface area (Å²) in [7, 11) is 0. The van der Waals surface area contributed by atoms with Crippen molar-refractivity contribution in [2.75, 3.05) is 18.0 Å². The van der Waals surface area contributed by atoms with E-state index in [2.05, 4.69) is 27.1 Å². The molecule has 1 N–H and O–H groups in total. The highest BCUT2D eigenvalue weighted by atomic mass is 16.1. The number of aromatic nitrogens is 2. The Morgan fingerprint density at radius 1 is 1.35 bits per heavy atom. The molecule has 0 aromatic carbocycles. The Bertz CT molecular complexity index is 455. The number of rotatable bonds is 6. The van der Waals surface area contributed by atoms with E-state index in [1.54, 1.807) is 0 Å². The van der Waals surface area contributed by atoms with Crippen LogP contribution < -0.4 is 10.2 Å². The minimum atomic E-state index is 0.103. The lowest BCUT2D eigenvalue weighted by Crippen LogP contribution is -2.25. The van der Waals surface area contributed by atoms with Gasteiger partial charge in [0.15, 0.2) is 0 Å². The van der Waals surface area contributed by atoms with E-state index in [-0.39, 0.29) is 5.91 Å². The molecular formula is C15H24N4O. The molecule has 0 radical (unpaired) electrons. The number of carbonyl (C=O) groups excluding carboxylic acids is 1. The normalized spacial score (nSPS) is 14.6. The standard InChI is InChI=1S/C15H24N4O/c1-3-4-7-14(20)16-11-13-10-12(2)17-15(18-13)19-8-5-6-9-19/h10H,3-9,11H2,1-2H3,(H,16,20). The van der Waals surface area contributed by atoms with E-state index in [1.165, 1.54) is 12.8 Å². The molecule has 5 heteroatoms. The molecule has 1 aliphatic heterocycles. The Morgan fingerprint density at radius 2 is 2.10 bits per heavy atom. The summed E-state index contributed by atoms with van der Waals surface area (Å²) >= 11 is 0.